The van der Waals surface area contributed by atoms with Gasteiger partial charge in [-0.1, -0.05) is 23.7 Å². The zero-order valence-electron chi connectivity index (χ0n) is 31.4. The lowest BCUT2D eigenvalue weighted by Gasteiger charge is -2.38. The maximum absolute atomic E-state index is 13.5. The molecule has 12 heteroatoms. The van der Waals surface area contributed by atoms with Crippen molar-refractivity contribution in [2.24, 2.45) is 5.92 Å². The standard InChI is InChI=1S/C43H49ClN6O5/c1-47(40-10-11-41(52)46-42(40)53)43(54)38-24-34(7-3-33(38)28-51)49-20-12-29(13-21-49)27-48-18-14-31(15-19-48)30-4-8-36(9-5-30)55-37-16-22-50(23-17-37)35-6-2-32(26-45)39(44)25-35/h2-9,24-25,28-29,31,37,40H,10-23,27H2,1H3,(H,46,52,53). The molecule has 3 aromatic carbocycles. The summed E-state index contributed by atoms with van der Waals surface area (Å²) in [4.78, 5) is 57.9. The van der Waals surface area contributed by atoms with Gasteiger partial charge in [-0.25, -0.2) is 0 Å². The third-order valence-electron chi connectivity index (χ3n) is 12.0. The molecule has 3 amide bonds. The minimum atomic E-state index is -0.751. The van der Waals surface area contributed by atoms with E-state index in [1.54, 1.807) is 25.2 Å². The molecule has 0 radical (unpaired) electrons. The lowest BCUT2D eigenvalue weighted by Crippen LogP contribution is -2.53. The van der Waals surface area contributed by atoms with Crippen LogP contribution in [0.15, 0.2) is 60.7 Å². The van der Waals surface area contributed by atoms with Gasteiger partial charge in [-0.2, -0.15) is 5.26 Å². The number of piperidine rings is 4. The number of rotatable bonds is 10. The second-order valence-electron chi connectivity index (χ2n) is 15.4. The van der Waals surface area contributed by atoms with Crippen LogP contribution < -0.4 is 19.9 Å². The summed E-state index contributed by atoms with van der Waals surface area (Å²) < 4.78 is 6.38. The number of hydrogen-bond acceptors (Lipinski definition) is 9. The molecule has 4 aliphatic heterocycles. The molecule has 0 saturated carbocycles. The van der Waals surface area contributed by atoms with Crippen LogP contribution in [0.4, 0.5) is 11.4 Å². The zero-order chi connectivity index (χ0) is 38.5. The Morgan fingerprint density at radius 3 is 2.18 bits per heavy atom. The third kappa shape index (κ3) is 8.98. The van der Waals surface area contributed by atoms with E-state index in [2.05, 4.69) is 50.4 Å². The number of imide groups is 1. The first-order valence-electron chi connectivity index (χ1n) is 19.6. The molecule has 0 spiro atoms. The molecule has 11 nitrogen and oxygen atoms in total. The predicted octanol–water partition coefficient (Wildman–Crippen LogP) is 6.05. The number of anilines is 2. The van der Waals surface area contributed by atoms with Crippen molar-refractivity contribution in [3.8, 4) is 11.8 Å². The first-order valence-corrected chi connectivity index (χ1v) is 20.0. The maximum atomic E-state index is 13.5. The van der Waals surface area contributed by atoms with Gasteiger partial charge in [0.05, 0.1) is 16.1 Å². The molecule has 55 heavy (non-hydrogen) atoms. The van der Waals surface area contributed by atoms with E-state index in [1.165, 1.54) is 10.5 Å². The number of hydrogen-bond donors (Lipinski definition) is 1. The molecule has 3 aromatic rings. The van der Waals surface area contributed by atoms with Gasteiger partial charge in [0.25, 0.3) is 5.91 Å². The fourth-order valence-electron chi connectivity index (χ4n) is 8.63. The highest BCUT2D eigenvalue weighted by Crippen LogP contribution is 2.33. The Bertz CT molecular complexity index is 1920. The number of ether oxygens (including phenoxy) is 1. The van der Waals surface area contributed by atoms with E-state index in [1.807, 2.05) is 18.2 Å². The van der Waals surface area contributed by atoms with Crippen molar-refractivity contribution in [1.82, 2.24) is 15.1 Å². The van der Waals surface area contributed by atoms with E-state index in [9.17, 15) is 19.2 Å². The first-order chi connectivity index (χ1) is 26.7. The van der Waals surface area contributed by atoms with Crippen LogP contribution in [0.2, 0.25) is 5.02 Å². The Labute approximate surface area is 328 Å². The van der Waals surface area contributed by atoms with Gasteiger partial charge < -0.3 is 24.3 Å². The van der Waals surface area contributed by atoms with Crippen molar-refractivity contribution in [3.63, 3.8) is 0 Å². The average molecular weight is 765 g/mol. The maximum Gasteiger partial charge on any atom is 0.255 e. The number of benzene rings is 3. The van der Waals surface area contributed by atoms with Crippen LogP contribution in [0.25, 0.3) is 0 Å². The van der Waals surface area contributed by atoms with Gasteiger partial charge in [0.15, 0.2) is 6.29 Å². The van der Waals surface area contributed by atoms with Gasteiger partial charge in [-0.3, -0.25) is 24.5 Å². The Morgan fingerprint density at radius 1 is 0.891 bits per heavy atom. The minimum Gasteiger partial charge on any atom is -0.490 e. The van der Waals surface area contributed by atoms with E-state index < -0.39 is 17.9 Å². The predicted molar refractivity (Wildman–Crippen MR) is 212 cm³/mol. The third-order valence-corrected chi connectivity index (χ3v) is 12.3. The van der Waals surface area contributed by atoms with E-state index in [0.29, 0.717) is 28.7 Å². The Kier molecular flexibility index (Phi) is 12.0. The van der Waals surface area contributed by atoms with Gasteiger partial charge in [0.1, 0.15) is 24.0 Å². The van der Waals surface area contributed by atoms with Crippen LogP contribution in [-0.2, 0) is 9.59 Å². The van der Waals surface area contributed by atoms with E-state index in [0.717, 1.165) is 101 Å². The minimum absolute atomic E-state index is 0.174. The molecule has 4 aliphatic rings. The molecule has 7 rings (SSSR count). The second-order valence-corrected chi connectivity index (χ2v) is 15.8. The molecular formula is C43H49ClN6O5. The number of amides is 3. The van der Waals surface area contributed by atoms with Crippen molar-refractivity contribution >= 4 is 47.0 Å². The lowest BCUT2D eigenvalue weighted by atomic mass is 9.88. The number of nitrogens with one attached hydrogen (secondary N) is 1. The quantitative estimate of drug-likeness (QED) is 0.194. The summed E-state index contributed by atoms with van der Waals surface area (Å²) in [7, 11) is 1.55. The van der Waals surface area contributed by atoms with E-state index in [-0.39, 0.29) is 36.0 Å². The summed E-state index contributed by atoms with van der Waals surface area (Å²) >= 11 is 6.26. The Hall–Kier alpha value is -4.92. The fraction of sp³-hybridized carbons (Fsp3) is 0.465. The number of likely N-dealkylation sites (N-methyl/N-ethyl adjacent to an activating group) is 1. The highest BCUT2D eigenvalue weighted by molar-refractivity contribution is 6.32. The number of carbonyl (C=O) groups excluding carboxylic acids is 4. The van der Waals surface area contributed by atoms with E-state index in [4.69, 9.17) is 21.6 Å². The van der Waals surface area contributed by atoms with Crippen LogP contribution >= 0.6 is 11.6 Å². The number of aldehydes is 1. The van der Waals surface area contributed by atoms with Gasteiger partial charge >= 0.3 is 0 Å². The van der Waals surface area contributed by atoms with Crippen LogP contribution in [0, 0.1) is 17.2 Å². The first kappa shape index (κ1) is 38.4. The summed E-state index contributed by atoms with van der Waals surface area (Å²) in [6.07, 6.45) is 7.55. The lowest BCUT2D eigenvalue weighted by molar-refractivity contribution is -0.136. The number of likely N-dealkylation sites (tertiary alicyclic amines) is 1. The second kappa shape index (κ2) is 17.3. The summed E-state index contributed by atoms with van der Waals surface area (Å²) in [5, 5.41) is 12.0. The molecular weight excluding hydrogens is 716 g/mol. The van der Waals surface area contributed by atoms with Gasteiger partial charge in [-0.15, -0.1) is 0 Å². The highest BCUT2D eigenvalue weighted by Gasteiger charge is 2.34. The summed E-state index contributed by atoms with van der Waals surface area (Å²) in [5.41, 5.74) is 4.39. The van der Waals surface area contributed by atoms with Gasteiger partial charge in [0, 0.05) is 76.0 Å². The van der Waals surface area contributed by atoms with Gasteiger partial charge in [0.2, 0.25) is 11.8 Å². The average Bonchev–Trinajstić information content (AvgIpc) is 3.21. The molecule has 0 aromatic heterocycles. The van der Waals surface area contributed by atoms with Crippen molar-refractivity contribution in [2.75, 3.05) is 62.7 Å². The number of nitrogens with zero attached hydrogens (tertiary/aromatic N) is 5. The van der Waals surface area contributed by atoms with Crippen molar-refractivity contribution < 1.29 is 23.9 Å². The normalized spacial score (nSPS) is 20.5. The topological polar surface area (TPSA) is 126 Å². The Balaban J connectivity index is 0.841. The van der Waals surface area contributed by atoms with Crippen LogP contribution in [0.5, 0.6) is 5.75 Å². The van der Waals surface area contributed by atoms with Crippen LogP contribution in [0.3, 0.4) is 0 Å². The van der Waals surface area contributed by atoms with E-state index >= 15 is 0 Å². The highest BCUT2D eigenvalue weighted by atomic mass is 35.5. The molecule has 1 atom stereocenters. The van der Waals surface area contributed by atoms with Gasteiger partial charge in [-0.05, 0) is 111 Å². The molecule has 1 N–H and O–H groups in total. The van der Waals surface area contributed by atoms with Crippen molar-refractivity contribution in [2.45, 2.75) is 69.4 Å². The zero-order valence-corrected chi connectivity index (χ0v) is 32.2. The molecule has 4 saturated heterocycles. The summed E-state index contributed by atoms with van der Waals surface area (Å²) in [5.74, 6) is 0.856. The monoisotopic (exact) mass is 764 g/mol. The summed E-state index contributed by atoms with van der Waals surface area (Å²) in [6, 6.07) is 21.1. The largest absolute Gasteiger partial charge is 0.490 e. The molecule has 1 unspecified atom stereocenters. The van der Waals surface area contributed by atoms with Crippen molar-refractivity contribution in [3.05, 3.63) is 87.9 Å². The molecule has 0 bridgehead atoms. The summed E-state index contributed by atoms with van der Waals surface area (Å²) in [6.45, 7) is 6.78. The fourth-order valence-corrected chi connectivity index (χ4v) is 8.85. The number of carbonyl (C=O) groups is 4. The molecule has 0 aliphatic carbocycles. The smallest absolute Gasteiger partial charge is 0.255 e. The SMILES string of the molecule is CN(C(=O)c1cc(N2CCC(CN3CCC(c4ccc(OC5CCN(c6ccc(C#N)c(Cl)c6)CC5)cc4)CC3)CC2)ccc1C=O)C1CCC(=O)NC1=O. The Morgan fingerprint density at radius 2 is 1.55 bits per heavy atom. The molecule has 4 heterocycles. The van der Waals surface area contributed by atoms with Crippen molar-refractivity contribution in [1.29, 1.82) is 5.26 Å². The number of nitriles is 1. The van der Waals surface area contributed by atoms with Crippen LogP contribution in [-0.4, -0.2) is 98.8 Å². The molecule has 288 valence electrons. The number of halogens is 1. The molecule has 4 fully saturated rings. The van der Waals surface area contributed by atoms with Crippen LogP contribution in [0.1, 0.15) is 89.1 Å².